The molecule has 1 heterocycles. The van der Waals surface area contributed by atoms with E-state index in [4.69, 9.17) is 16.1 Å². The van der Waals surface area contributed by atoms with Crippen molar-refractivity contribution in [3.05, 3.63) is 41.2 Å². The van der Waals surface area contributed by atoms with Gasteiger partial charge in [0.25, 0.3) is 5.24 Å². The van der Waals surface area contributed by atoms with Crippen LogP contribution in [0.15, 0.2) is 28.8 Å². The molecule has 0 spiro atoms. The molecule has 1 aromatic heterocycles. The van der Waals surface area contributed by atoms with E-state index in [1.165, 1.54) is 24.0 Å². The van der Waals surface area contributed by atoms with Gasteiger partial charge in [-0.05, 0) is 54.5 Å². The number of carbonyl (C=O) groups is 1. The zero-order valence-corrected chi connectivity index (χ0v) is 10.5. The van der Waals surface area contributed by atoms with Gasteiger partial charge >= 0.3 is 0 Å². The molecule has 0 fully saturated rings. The van der Waals surface area contributed by atoms with E-state index in [0.29, 0.717) is 5.69 Å². The number of hydrogen-bond donors (Lipinski definition) is 0. The summed E-state index contributed by atoms with van der Waals surface area (Å²) in [5.74, 6) is 0.0874. The van der Waals surface area contributed by atoms with Crippen LogP contribution in [0, 0.1) is 0 Å². The molecule has 0 bridgehead atoms. The maximum atomic E-state index is 11.0. The van der Waals surface area contributed by atoms with Gasteiger partial charge in [-0.25, -0.2) is 0 Å². The second-order valence-electron chi connectivity index (χ2n) is 4.54. The molecule has 2 aromatic rings. The quantitative estimate of drug-likeness (QED) is 0.776. The van der Waals surface area contributed by atoms with Gasteiger partial charge in [0, 0.05) is 11.6 Å². The fraction of sp³-hybridized carbons (Fsp3) is 0.286. The number of fused-ring (bicyclic) bond motifs is 1. The Hall–Kier alpha value is -1.61. The van der Waals surface area contributed by atoms with Crippen LogP contribution in [0.4, 0.5) is 0 Å². The van der Waals surface area contributed by atoms with Crippen LogP contribution in [0.5, 0.6) is 0 Å². The zero-order valence-electron chi connectivity index (χ0n) is 9.78. The summed E-state index contributed by atoms with van der Waals surface area (Å²) >= 11 is 5.35. The highest BCUT2D eigenvalue weighted by molar-refractivity contribution is 6.67. The molecule has 0 aliphatic heterocycles. The SMILES string of the molecule is O=C(Cl)c1cc(-c2ccc3c(c2)CCCC3)no1. The van der Waals surface area contributed by atoms with Gasteiger partial charge in [-0.2, -0.15) is 0 Å². The fourth-order valence-corrected chi connectivity index (χ4v) is 2.49. The van der Waals surface area contributed by atoms with Crippen LogP contribution in [-0.2, 0) is 12.8 Å². The number of aromatic nitrogens is 1. The molecule has 1 aliphatic rings. The van der Waals surface area contributed by atoms with Crippen molar-refractivity contribution in [2.75, 3.05) is 0 Å². The summed E-state index contributed by atoms with van der Waals surface area (Å²) in [6.07, 6.45) is 4.77. The highest BCUT2D eigenvalue weighted by atomic mass is 35.5. The molecule has 1 aromatic carbocycles. The zero-order chi connectivity index (χ0) is 12.5. The first kappa shape index (κ1) is 11.5. The molecule has 3 nitrogen and oxygen atoms in total. The number of benzene rings is 1. The molecule has 0 amide bonds. The maximum Gasteiger partial charge on any atom is 0.290 e. The second-order valence-corrected chi connectivity index (χ2v) is 4.88. The lowest BCUT2D eigenvalue weighted by Crippen LogP contribution is -2.02. The molecular weight excluding hydrogens is 250 g/mol. The van der Waals surface area contributed by atoms with Crippen LogP contribution in [0.2, 0.25) is 0 Å². The lowest BCUT2D eigenvalue weighted by Gasteiger charge is -2.15. The maximum absolute atomic E-state index is 11.0. The Bertz CT molecular complexity index is 604. The van der Waals surface area contributed by atoms with Crippen molar-refractivity contribution in [1.82, 2.24) is 5.16 Å². The molecule has 3 rings (SSSR count). The number of rotatable bonds is 2. The fourth-order valence-electron chi connectivity index (χ4n) is 2.40. The molecule has 18 heavy (non-hydrogen) atoms. The summed E-state index contributed by atoms with van der Waals surface area (Å²) in [7, 11) is 0. The van der Waals surface area contributed by atoms with E-state index in [9.17, 15) is 4.79 Å². The van der Waals surface area contributed by atoms with Gasteiger partial charge in [-0.1, -0.05) is 17.3 Å². The number of hydrogen-bond acceptors (Lipinski definition) is 3. The Kier molecular flexibility index (Phi) is 2.92. The molecule has 92 valence electrons. The Morgan fingerprint density at radius 1 is 1.17 bits per heavy atom. The smallest absolute Gasteiger partial charge is 0.290 e. The predicted molar refractivity (Wildman–Crippen MR) is 68.8 cm³/mol. The lowest BCUT2D eigenvalue weighted by molar-refractivity contribution is 0.104. The summed E-state index contributed by atoms with van der Waals surface area (Å²) in [6, 6.07) is 7.87. The van der Waals surface area contributed by atoms with Crippen molar-refractivity contribution in [2.45, 2.75) is 25.7 Å². The highest BCUT2D eigenvalue weighted by Crippen LogP contribution is 2.27. The molecular formula is C14H12ClNO2. The number of nitrogens with zero attached hydrogens (tertiary/aromatic N) is 1. The van der Waals surface area contributed by atoms with Crippen molar-refractivity contribution in [3.8, 4) is 11.3 Å². The Morgan fingerprint density at radius 3 is 2.67 bits per heavy atom. The van der Waals surface area contributed by atoms with Gasteiger partial charge < -0.3 is 4.52 Å². The molecule has 0 saturated heterocycles. The van der Waals surface area contributed by atoms with Gasteiger partial charge in [0.1, 0.15) is 5.69 Å². The lowest BCUT2D eigenvalue weighted by atomic mass is 9.90. The van der Waals surface area contributed by atoms with E-state index in [0.717, 1.165) is 18.4 Å². The van der Waals surface area contributed by atoms with Crippen molar-refractivity contribution in [2.24, 2.45) is 0 Å². The van der Waals surface area contributed by atoms with Crippen molar-refractivity contribution < 1.29 is 9.32 Å². The number of carbonyl (C=O) groups excluding carboxylic acids is 1. The second kappa shape index (κ2) is 4.58. The van der Waals surface area contributed by atoms with Crippen LogP contribution >= 0.6 is 11.6 Å². The van der Waals surface area contributed by atoms with E-state index < -0.39 is 5.24 Å². The predicted octanol–water partition coefficient (Wildman–Crippen LogP) is 3.60. The number of halogens is 1. The first-order valence-corrected chi connectivity index (χ1v) is 6.40. The molecule has 1 aliphatic carbocycles. The molecule has 4 heteroatoms. The topological polar surface area (TPSA) is 43.1 Å². The van der Waals surface area contributed by atoms with Crippen LogP contribution in [0.25, 0.3) is 11.3 Å². The summed E-state index contributed by atoms with van der Waals surface area (Å²) < 4.78 is 4.89. The van der Waals surface area contributed by atoms with Gasteiger partial charge in [0.05, 0.1) is 0 Å². The van der Waals surface area contributed by atoms with Crippen LogP contribution in [0.1, 0.15) is 34.5 Å². The standard InChI is InChI=1S/C14H12ClNO2/c15-14(17)13-8-12(16-18-13)11-6-5-9-3-1-2-4-10(9)7-11/h5-8H,1-4H2. The summed E-state index contributed by atoms with van der Waals surface area (Å²) in [5, 5.41) is 3.26. The Balaban J connectivity index is 1.98. The normalized spacial score (nSPS) is 14.3. The minimum atomic E-state index is -0.619. The van der Waals surface area contributed by atoms with Crippen LogP contribution < -0.4 is 0 Å². The third-order valence-electron chi connectivity index (χ3n) is 3.35. The van der Waals surface area contributed by atoms with Gasteiger partial charge in [0.2, 0.25) is 5.76 Å². The molecule has 0 saturated carbocycles. The molecule has 0 N–H and O–H groups in total. The Morgan fingerprint density at radius 2 is 1.94 bits per heavy atom. The molecule has 0 atom stereocenters. The van der Waals surface area contributed by atoms with Crippen molar-refractivity contribution in [1.29, 1.82) is 0 Å². The minimum Gasteiger partial charge on any atom is -0.351 e. The van der Waals surface area contributed by atoms with Crippen molar-refractivity contribution >= 4 is 16.8 Å². The largest absolute Gasteiger partial charge is 0.351 e. The molecule has 0 radical (unpaired) electrons. The number of aryl methyl sites for hydroxylation is 2. The first-order chi connectivity index (χ1) is 8.74. The third kappa shape index (κ3) is 2.06. The third-order valence-corrected chi connectivity index (χ3v) is 3.53. The summed E-state index contributed by atoms with van der Waals surface area (Å²) in [4.78, 5) is 11.0. The monoisotopic (exact) mass is 261 g/mol. The van der Waals surface area contributed by atoms with E-state index in [2.05, 4.69) is 17.3 Å². The van der Waals surface area contributed by atoms with Gasteiger partial charge in [-0.15, -0.1) is 0 Å². The van der Waals surface area contributed by atoms with Gasteiger partial charge in [0.15, 0.2) is 0 Å². The van der Waals surface area contributed by atoms with E-state index in [-0.39, 0.29) is 5.76 Å². The van der Waals surface area contributed by atoms with E-state index in [1.807, 2.05) is 6.07 Å². The highest BCUT2D eigenvalue weighted by Gasteiger charge is 2.14. The first-order valence-electron chi connectivity index (χ1n) is 6.03. The Labute approximate surface area is 110 Å². The van der Waals surface area contributed by atoms with Gasteiger partial charge in [-0.3, -0.25) is 4.79 Å². The van der Waals surface area contributed by atoms with E-state index in [1.54, 1.807) is 6.07 Å². The van der Waals surface area contributed by atoms with Crippen molar-refractivity contribution in [3.63, 3.8) is 0 Å². The average Bonchev–Trinajstić information content (AvgIpc) is 2.88. The van der Waals surface area contributed by atoms with Crippen LogP contribution in [0.3, 0.4) is 0 Å². The summed E-state index contributed by atoms with van der Waals surface area (Å²) in [5.41, 5.74) is 4.43. The van der Waals surface area contributed by atoms with Crippen LogP contribution in [-0.4, -0.2) is 10.4 Å². The summed E-state index contributed by atoms with van der Waals surface area (Å²) in [6.45, 7) is 0. The molecule has 0 unspecified atom stereocenters. The van der Waals surface area contributed by atoms with E-state index >= 15 is 0 Å². The average molecular weight is 262 g/mol. The minimum absolute atomic E-state index is 0.0874.